The zero-order valence-electron chi connectivity index (χ0n) is 11.4. The van der Waals surface area contributed by atoms with Crippen molar-refractivity contribution in [2.75, 3.05) is 20.8 Å². The summed E-state index contributed by atoms with van der Waals surface area (Å²) in [5, 5.41) is 2.97. The molecule has 1 aliphatic heterocycles. The summed E-state index contributed by atoms with van der Waals surface area (Å²) in [7, 11) is 3.06. The van der Waals surface area contributed by atoms with E-state index in [1.807, 2.05) is 6.92 Å². The van der Waals surface area contributed by atoms with Gasteiger partial charge in [0.15, 0.2) is 0 Å². The van der Waals surface area contributed by atoms with Crippen molar-refractivity contribution in [3.63, 3.8) is 0 Å². The first kappa shape index (κ1) is 14.2. The Hall–Kier alpha value is -1.20. The molecule has 0 radical (unpaired) electrons. The van der Waals surface area contributed by atoms with Crippen molar-refractivity contribution in [1.29, 1.82) is 0 Å². The van der Waals surface area contributed by atoms with Gasteiger partial charge in [-0.25, -0.2) is 8.78 Å². The number of benzene rings is 1. The van der Waals surface area contributed by atoms with E-state index in [2.05, 4.69) is 5.32 Å². The molecule has 1 heterocycles. The molecule has 5 heteroatoms. The van der Waals surface area contributed by atoms with Gasteiger partial charge in [-0.2, -0.15) is 0 Å². The summed E-state index contributed by atoms with van der Waals surface area (Å²) in [5.41, 5.74) is -0.585. The second-order valence-corrected chi connectivity index (χ2v) is 4.99. The van der Waals surface area contributed by atoms with Gasteiger partial charge in [0.25, 0.3) is 0 Å². The molecule has 0 saturated carbocycles. The first-order chi connectivity index (χ1) is 9.01. The molecule has 0 spiro atoms. The Morgan fingerprint density at radius 2 is 2.00 bits per heavy atom. The lowest BCUT2D eigenvalue weighted by atomic mass is 9.87. The van der Waals surface area contributed by atoms with E-state index >= 15 is 0 Å². The van der Waals surface area contributed by atoms with Crippen molar-refractivity contribution in [2.24, 2.45) is 0 Å². The summed E-state index contributed by atoms with van der Waals surface area (Å²) < 4.78 is 38.8. The zero-order valence-corrected chi connectivity index (χ0v) is 11.4. The van der Waals surface area contributed by atoms with E-state index in [9.17, 15) is 8.78 Å². The molecule has 19 heavy (non-hydrogen) atoms. The van der Waals surface area contributed by atoms with Crippen LogP contribution in [0.5, 0.6) is 5.75 Å². The smallest absolute Gasteiger partial charge is 0.134 e. The lowest BCUT2D eigenvalue weighted by Crippen LogP contribution is -2.40. The average Bonchev–Trinajstić information content (AvgIpc) is 2.81. The van der Waals surface area contributed by atoms with Gasteiger partial charge < -0.3 is 14.8 Å². The number of ether oxygens (including phenoxy) is 2. The number of methoxy groups -OCH3 is 1. The van der Waals surface area contributed by atoms with Gasteiger partial charge in [0, 0.05) is 24.3 Å². The maximum atomic E-state index is 14.1. The molecule has 1 N–H and O–H groups in total. The van der Waals surface area contributed by atoms with Gasteiger partial charge in [-0.15, -0.1) is 0 Å². The SMILES string of the molecule is CNC(c1c(F)cc(OC)cc1F)C1(C)CCCO1. The standard InChI is InChI=1S/C14H19F2NO2/c1-14(5-4-6-19-14)13(17-2)12-10(15)7-9(18-3)8-11(12)16/h7-8,13,17H,4-6H2,1-3H3. The Labute approximate surface area is 111 Å². The minimum Gasteiger partial charge on any atom is -0.497 e. The van der Waals surface area contributed by atoms with Crippen molar-refractivity contribution in [2.45, 2.75) is 31.4 Å². The quantitative estimate of drug-likeness (QED) is 0.913. The molecular formula is C14H19F2NO2. The predicted molar refractivity (Wildman–Crippen MR) is 68.3 cm³/mol. The van der Waals surface area contributed by atoms with E-state index < -0.39 is 23.3 Å². The van der Waals surface area contributed by atoms with Crippen LogP contribution in [0.2, 0.25) is 0 Å². The van der Waals surface area contributed by atoms with Gasteiger partial charge in [-0.1, -0.05) is 0 Å². The molecule has 2 rings (SSSR count). The van der Waals surface area contributed by atoms with Crippen LogP contribution in [0.15, 0.2) is 12.1 Å². The summed E-state index contributed by atoms with van der Waals surface area (Å²) in [6, 6.07) is 1.86. The largest absolute Gasteiger partial charge is 0.497 e. The summed E-state index contributed by atoms with van der Waals surface area (Å²) in [6.07, 6.45) is 1.66. The van der Waals surface area contributed by atoms with Crippen LogP contribution in [-0.2, 0) is 4.74 Å². The Bertz CT molecular complexity index is 436. The molecular weight excluding hydrogens is 252 g/mol. The lowest BCUT2D eigenvalue weighted by molar-refractivity contribution is -0.0123. The van der Waals surface area contributed by atoms with Gasteiger partial charge in [0.1, 0.15) is 17.4 Å². The van der Waals surface area contributed by atoms with Crippen LogP contribution in [0.1, 0.15) is 31.4 Å². The third-order valence-electron chi connectivity index (χ3n) is 3.73. The highest BCUT2D eigenvalue weighted by atomic mass is 19.1. The van der Waals surface area contributed by atoms with Crippen LogP contribution in [0.25, 0.3) is 0 Å². The van der Waals surface area contributed by atoms with Gasteiger partial charge in [-0.3, -0.25) is 0 Å². The van der Waals surface area contributed by atoms with Crippen LogP contribution in [0, 0.1) is 11.6 Å². The third-order valence-corrected chi connectivity index (χ3v) is 3.73. The van der Waals surface area contributed by atoms with E-state index in [1.54, 1.807) is 7.05 Å². The zero-order chi connectivity index (χ0) is 14.0. The lowest BCUT2D eigenvalue weighted by Gasteiger charge is -2.33. The number of hydrogen-bond donors (Lipinski definition) is 1. The fourth-order valence-electron chi connectivity index (χ4n) is 2.74. The molecule has 2 atom stereocenters. The molecule has 0 aromatic heterocycles. The minimum absolute atomic E-state index is 0.00713. The van der Waals surface area contributed by atoms with Crippen LogP contribution in [0.4, 0.5) is 8.78 Å². The highest BCUT2D eigenvalue weighted by molar-refractivity contribution is 5.34. The second kappa shape index (κ2) is 5.43. The summed E-state index contributed by atoms with van der Waals surface area (Å²) in [5.74, 6) is -1.06. The van der Waals surface area contributed by atoms with Crippen LogP contribution < -0.4 is 10.1 Å². The van der Waals surface area contributed by atoms with Crippen molar-refractivity contribution in [1.82, 2.24) is 5.32 Å². The Kier molecular flexibility index (Phi) is 4.06. The van der Waals surface area contributed by atoms with Gasteiger partial charge >= 0.3 is 0 Å². The molecule has 0 bridgehead atoms. The number of nitrogens with one attached hydrogen (secondary N) is 1. The van der Waals surface area contributed by atoms with E-state index in [4.69, 9.17) is 9.47 Å². The van der Waals surface area contributed by atoms with Gasteiger partial charge in [0.2, 0.25) is 0 Å². The van der Waals surface area contributed by atoms with Crippen molar-refractivity contribution < 1.29 is 18.3 Å². The number of halogens is 2. The number of rotatable bonds is 4. The predicted octanol–water partition coefficient (Wildman–Crippen LogP) is 2.80. The van der Waals surface area contributed by atoms with E-state index in [-0.39, 0.29) is 11.3 Å². The number of hydrogen-bond acceptors (Lipinski definition) is 3. The van der Waals surface area contributed by atoms with Gasteiger partial charge in [0.05, 0.1) is 18.8 Å². The molecule has 0 aliphatic carbocycles. The maximum Gasteiger partial charge on any atom is 0.134 e. The first-order valence-electron chi connectivity index (χ1n) is 6.36. The fraction of sp³-hybridized carbons (Fsp3) is 0.571. The Balaban J connectivity index is 2.43. The van der Waals surface area contributed by atoms with E-state index in [1.165, 1.54) is 19.2 Å². The summed E-state index contributed by atoms with van der Waals surface area (Å²) in [4.78, 5) is 0. The molecule has 1 aromatic carbocycles. The normalized spacial score (nSPS) is 24.5. The highest BCUT2D eigenvalue weighted by Crippen LogP contribution is 2.39. The molecule has 106 valence electrons. The fourth-order valence-corrected chi connectivity index (χ4v) is 2.74. The molecule has 0 amide bonds. The third kappa shape index (κ3) is 2.58. The van der Waals surface area contributed by atoms with Crippen LogP contribution >= 0.6 is 0 Å². The van der Waals surface area contributed by atoms with Crippen LogP contribution in [-0.4, -0.2) is 26.4 Å². The minimum atomic E-state index is -0.618. The van der Waals surface area contributed by atoms with Crippen molar-refractivity contribution >= 4 is 0 Å². The van der Waals surface area contributed by atoms with Gasteiger partial charge in [-0.05, 0) is 26.8 Å². The molecule has 1 saturated heterocycles. The Morgan fingerprint density at radius 3 is 2.42 bits per heavy atom. The second-order valence-electron chi connectivity index (χ2n) is 4.99. The summed E-state index contributed by atoms with van der Waals surface area (Å²) in [6.45, 7) is 2.50. The molecule has 1 fully saturated rings. The monoisotopic (exact) mass is 271 g/mol. The molecule has 3 nitrogen and oxygen atoms in total. The highest BCUT2D eigenvalue weighted by Gasteiger charge is 2.41. The maximum absolute atomic E-state index is 14.1. The van der Waals surface area contributed by atoms with Crippen molar-refractivity contribution in [3.8, 4) is 5.75 Å². The summed E-state index contributed by atoms with van der Waals surface area (Å²) >= 11 is 0. The van der Waals surface area contributed by atoms with Crippen molar-refractivity contribution in [3.05, 3.63) is 29.3 Å². The molecule has 1 aromatic rings. The van der Waals surface area contributed by atoms with E-state index in [0.29, 0.717) is 6.61 Å². The number of likely N-dealkylation sites (N-methyl/N-ethyl adjacent to an activating group) is 1. The first-order valence-corrected chi connectivity index (χ1v) is 6.36. The molecule has 1 aliphatic rings. The van der Waals surface area contributed by atoms with E-state index in [0.717, 1.165) is 12.8 Å². The van der Waals surface area contributed by atoms with Crippen LogP contribution in [0.3, 0.4) is 0 Å². The average molecular weight is 271 g/mol. The topological polar surface area (TPSA) is 30.5 Å². The Morgan fingerprint density at radius 1 is 1.37 bits per heavy atom. The molecule has 2 unspecified atom stereocenters.